The minimum atomic E-state index is -1.17. The topological polar surface area (TPSA) is 171 Å². The Hall–Kier alpha value is -2.79. The van der Waals surface area contributed by atoms with Crippen LogP contribution < -0.4 is 21.7 Å². The zero-order valence-electron chi connectivity index (χ0n) is 20.9. The summed E-state index contributed by atoms with van der Waals surface area (Å²) in [5.74, 6) is -2.74. The zero-order valence-corrected chi connectivity index (χ0v) is 21.7. The highest BCUT2D eigenvalue weighted by Crippen LogP contribution is 2.13. The van der Waals surface area contributed by atoms with E-state index >= 15 is 0 Å². The summed E-state index contributed by atoms with van der Waals surface area (Å²) >= 11 is 1.46. The number of hydrogen-bond donors (Lipinski definition) is 6. The monoisotopic (exact) mass is 510 g/mol. The number of nitrogens with two attached hydrogens (primary N) is 1. The Bertz CT molecular complexity index is 862. The van der Waals surface area contributed by atoms with Crippen molar-refractivity contribution in [2.45, 2.75) is 64.7 Å². The van der Waals surface area contributed by atoms with Gasteiger partial charge < -0.3 is 31.9 Å². The van der Waals surface area contributed by atoms with Crippen LogP contribution in [0, 0.1) is 11.8 Å². The molecule has 10 nitrogen and oxygen atoms in total. The molecule has 35 heavy (non-hydrogen) atoms. The molecule has 0 fully saturated rings. The maximum Gasteiger partial charge on any atom is 0.326 e. The molecule has 196 valence electrons. The van der Waals surface area contributed by atoms with Gasteiger partial charge in [0.15, 0.2) is 0 Å². The number of amides is 3. The lowest BCUT2D eigenvalue weighted by Gasteiger charge is -2.27. The molecule has 0 heterocycles. The lowest BCUT2D eigenvalue weighted by molar-refractivity contribution is -0.142. The molecule has 4 unspecified atom stereocenters. The van der Waals surface area contributed by atoms with Gasteiger partial charge in [0.1, 0.15) is 23.9 Å². The van der Waals surface area contributed by atoms with Crippen LogP contribution in [0.2, 0.25) is 0 Å². The van der Waals surface area contributed by atoms with Crippen LogP contribution in [0.4, 0.5) is 0 Å². The number of aromatic hydroxyl groups is 1. The summed E-state index contributed by atoms with van der Waals surface area (Å²) in [6.07, 6.45) is 2.11. The molecule has 0 radical (unpaired) electrons. The van der Waals surface area contributed by atoms with E-state index in [4.69, 9.17) is 5.73 Å². The van der Waals surface area contributed by atoms with Crippen LogP contribution in [0.15, 0.2) is 24.3 Å². The molecule has 0 aliphatic rings. The van der Waals surface area contributed by atoms with Crippen molar-refractivity contribution in [3.05, 3.63) is 29.8 Å². The second kappa shape index (κ2) is 14.6. The predicted molar refractivity (Wildman–Crippen MR) is 136 cm³/mol. The fourth-order valence-corrected chi connectivity index (χ4v) is 3.66. The number of phenolic OH excluding ortho intramolecular Hbond substituents is 1. The third-order valence-corrected chi connectivity index (χ3v) is 6.15. The standard InChI is InChI=1S/C24H38N4O6S/c1-13(2)19(25)22(31)28-20(14(3)4)23(32)27-18(12-15-6-8-16(29)9-7-15)21(30)26-17(24(33)34)10-11-35-5/h6-9,13-14,17-20,29H,10-12,25H2,1-5H3,(H,26,30)(H,27,32)(H,28,31)(H,33,34). The first-order valence-corrected chi connectivity index (χ1v) is 12.9. The average molecular weight is 511 g/mol. The molecule has 0 saturated heterocycles. The van der Waals surface area contributed by atoms with E-state index < -0.39 is 47.9 Å². The molecule has 1 aromatic carbocycles. The summed E-state index contributed by atoms with van der Waals surface area (Å²) in [4.78, 5) is 50.3. The highest BCUT2D eigenvalue weighted by atomic mass is 32.2. The summed E-state index contributed by atoms with van der Waals surface area (Å²) in [6, 6.07) is 2.15. The largest absolute Gasteiger partial charge is 0.508 e. The van der Waals surface area contributed by atoms with Crippen molar-refractivity contribution in [1.29, 1.82) is 0 Å². The molecule has 1 aromatic rings. The number of carboxylic acids is 1. The molecule has 1 rings (SSSR count). The van der Waals surface area contributed by atoms with Crippen LogP contribution in [-0.2, 0) is 25.6 Å². The highest BCUT2D eigenvalue weighted by Gasteiger charge is 2.32. The van der Waals surface area contributed by atoms with E-state index in [-0.39, 0.29) is 30.4 Å². The Labute approximate surface area is 210 Å². The summed E-state index contributed by atoms with van der Waals surface area (Å²) in [7, 11) is 0. The van der Waals surface area contributed by atoms with Gasteiger partial charge in [-0.3, -0.25) is 14.4 Å². The van der Waals surface area contributed by atoms with Crippen LogP contribution in [0.1, 0.15) is 39.7 Å². The van der Waals surface area contributed by atoms with Gasteiger partial charge in [0.2, 0.25) is 17.7 Å². The van der Waals surface area contributed by atoms with E-state index in [0.29, 0.717) is 11.3 Å². The normalized spacial score (nSPS) is 14.6. The Balaban J connectivity index is 3.12. The van der Waals surface area contributed by atoms with E-state index in [0.717, 1.165) is 0 Å². The Kier molecular flexibility index (Phi) is 12.6. The highest BCUT2D eigenvalue weighted by molar-refractivity contribution is 7.98. The molecular weight excluding hydrogens is 472 g/mol. The van der Waals surface area contributed by atoms with Gasteiger partial charge in [-0.1, -0.05) is 39.8 Å². The van der Waals surface area contributed by atoms with Gasteiger partial charge in [-0.05, 0) is 48.0 Å². The molecule has 3 amide bonds. The molecule has 0 spiro atoms. The van der Waals surface area contributed by atoms with Crippen molar-refractivity contribution in [3.63, 3.8) is 0 Å². The first kappa shape index (κ1) is 30.2. The lowest BCUT2D eigenvalue weighted by Crippen LogP contribution is -2.59. The third-order valence-electron chi connectivity index (χ3n) is 5.50. The van der Waals surface area contributed by atoms with Gasteiger partial charge in [-0.15, -0.1) is 0 Å². The fraction of sp³-hybridized carbons (Fsp3) is 0.583. The van der Waals surface area contributed by atoms with Gasteiger partial charge in [0.05, 0.1) is 6.04 Å². The van der Waals surface area contributed by atoms with Gasteiger partial charge in [-0.2, -0.15) is 11.8 Å². The number of carbonyl (C=O) groups excluding carboxylic acids is 3. The fourth-order valence-electron chi connectivity index (χ4n) is 3.19. The second-order valence-corrected chi connectivity index (χ2v) is 10.1. The Morgan fingerprint density at radius 2 is 1.46 bits per heavy atom. The SMILES string of the molecule is CSCCC(NC(=O)C(Cc1ccc(O)cc1)NC(=O)C(NC(=O)C(N)C(C)C)C(C)C)C(=O)O. The number of carboxylic acid groups (broad SMARTS) is 1. The molecule has 11 heteroatoms. The van der Waals surface area contributed by atoms with Crippen LogP contribution >= 0.6 is 11.8 Å². The van der Waals surface area contributed by atoms with E-state index in [9.17, 15) is 29.4 Å². The Morgan fingerprint density at radius 3 is 1.94 bits per heavy atom. The van der Waals surface area contributed by atoms with E-state index in [1.807, 2.05) is 6.26 Å². The second-order valence-electron chi connectivity index (χ2n) is 9.11. The molecule has 7 N–H and O–H groups in total. The van der Waals surface area contributed by atoms with Gasteiger partial charge in [-0.25, -0.2) is 4.79 Å². The van der Waals surface area contributed by atoms with Gasteiger partial charge in [0.25, 0.3) is 0 Å². The molecule has 0 aromatic heterocycles. The van der Waals surface area contributed by atoms with Crippen LogP contribution in [0.25, 0.3) is 0 Å². The molecule has 0 aliphatic heterocycles. The number of thioether (sulfide) groups is 1. The number of rotatable bonds is 14. The summed E-state index contributed by atoms with van der Waals surface area (Å²) in [6.45, 7) is 7.10. The quantitative estimate of drug-likeness (QED) is 0.214. The van der Waals surface area contributed by atoms with Crippen LogP contribution in [-0.4, -0.2) is 70.1 Å². The maximum absolute atomic E-state index is 13.2. The van der Waals surface area contributed by atoms with E-state index in [1.54, 1.807) is 39.8 Å². The minimum absolute atomic E-state index is 0.0471. The molecule has 0 aliphatic carbocycles. The van der Waals surface area contributed by atoms with E-state index in [2.05, 4.69) is 16.0 Å². The third kappa shape index (κ3) is 10.2. The number of aliphatic carboxylic acids is 1. The van der Waals surface area contributed by atoms with Crippen molar-refractivity contribution in [2.24, 2.45) is 17.6 Å². The van der Waals surface area contributed by atoms with Gasteiger partial charge >= 0.3 is 5.97 Å². The number of hydrogen-bond acceptors (Lipinski definition) is 7. The predicted octanol–water partition coefficient (Wildman–Crippen LogP) is 0.866. The van der Waals surface area contributed by atoms with Crippen LogP contribution in [0.3, 0.4) is 0 Å². The van der Waals surface area contributed by atoms with Crippen LogP contribution in [0.5, 0.6) is 5.75 Å². The first-order chi connectivity index (χ1) is 16.4. The Morgan fingerprint density at radius 1 is 0.886 bits per heavy atom. The molecule has 0 bridgehead atoms. The minimum Gasteiger partial charge on any atom is -0.508 e. The van der Waals surface area contributed by atoms with Crippen molar-refractivity contribution in [1.82, 2.24) is 16.0 Å². The summed E-state index contributed by atoms with van der Waals surface area (Å²) in [5.41, 5.74) is 6.55. The number of carbonyl (C=O) groups is 4. The van der Waals surface area contributed by atoms with Crippen molar-refractivity contribution in [2.75, 3.05) is 12.0 Å². The summed E-state index contributed by atoms with van der Waals surface area (Å²) < 4.78 is 0. The number of phenols is 1. The van der Waals surface area contributed by atoms with Crippen molar-refractivity contribution >= 4 is 35.5 Å². The van der Waals surface area contributed by atoms with Crippen molar-refractivity contribution in [3.8, 4) is 5.75 Å². The first-order valence-electron chi connectivity index (χ1n) is 11.5. The molecule has 0 saturated carbocycles. The summed E-state index contributed by atoms with van der Waals surface area (Å²) in [5, 5.41) is 26.9. The zero-order chi connectivity index (χ0) is 26.7. The smallest absolute Gasteiger partial charge is 0.326 e. The van der Waals surface area contributed by atoms with E-state index in [1.165, 1.54) is 23.9 Å². The average Bonchev–Trinajstić information content (AvgIpc) is 2.79. The van der Waals surface area contributed by atoms with Crippen molar-refractivity contribution < 1.29 is 29.4 Å². The number of benzene rings is 1. The molecular formula is C24H38N4O6S. The van der Waals surface area contributed by atoms with Gasteiger partial charge in [0, 0.05) is 6.42 Å². The maximum atomic E-state index is 13.2. The molecule has 4 atom stereocenters. The lowest BCUT2D eigenvalue weighted by atomic mass is 9.99. The number of nitrogens with one attached hydrogen (secondary N) is 3.